The van der Waals surface area contributed by atoms with E-state index in [9.17, 15) is 29.1 Å². The van der Waals surface area contributed by atoms with Gasteiger partial charge in [0.15, 0.2) is 11.7 Å². The first-order chi connectivity index (χ1) is 23.0. The summed E-state index contributed by atoms with van der Waals surface area (Å²) in [6.07, 6.45) is 0.716. The second-order valence-corrected chi connectivity index (χ2v) is 13.4. The molecule has 2 bridgehead atoms. The molecule has 0 unspecified atom stereocenters. The number of carbonyl (C=O) groups is 5. The van der Waals surface area contributed by atoms with Gasteiger partial charge < -0.3 is 37.9 Å². The SMILES string of the molecule is C/C=C(\C)C(=O)O[C@@H]1[C@H](OC(=O)c2cccnc2)[C@@H]2[C@@H](OC(C)=O)[C@@]3(OC2(C)C)[C@@]1(COC(C)=O)[C@@H](OC(=O)c1ccoc1)CC[C@]3(C)O. The number of rotatable bonds is 9. The van der Waals surface area contributed by atoms with Crippen LogP contribution in [0.5, 0.6) is 0 Å². The smallest absolute Gasteiger partial charge is 0.341 e. The van der Waals surface area contributed by atoms with Crippen LogP contribution >= 0.6 is 0 Å². The van der Waals surface area contributed by atoms with Crippen molar-refractivity contribution in [3.8, 4) is 0 Å². The van der Waals surface area contributed by atoms with Crippen LogP contribution in [-0.2, 0) is 42.8 Å². The van der Waals surface area contributed by atoms with E-state index in [1.807, 2.05) is 0 Å². The van der Waals surface area contributed by atoms with Crippen LogP contribution in [0.3, 0.4) is 0 Å². The van der Waals surface area contributed by atoms with E-state index >= 15 is 0 Å². The number of carbonyl (C=O) groups excluding carboxylic acids is 5. The van der Waals surface area contributed by atoms with Crippen molar-refractivity contribution in [2.45, 2.75) is 103 Å². The van der Waals surface area contributed by atoms with Gasteiger partial charge in [0.1, 0.15) is 36.6 Å². The van der Waals surface area contributed by atoms with E-state index in [-0.39, 0.29) is 29.5 Å². The van der Waals surface area contributed by atoms with Crippen molar-refractivity contribution < 1.29 is 61.9 Å². The summed E-state index contributed by atoms with van der Waals surface area (Å²) in [5.74, 6) is -5.16. The summed E-state index contributed by atoms with van der Waals surface area (Å²) < 4.78 is 42.4. The van der Waals surface area contributed by atoms with Gasteiger partial charge in [0, 0.05) is 31.8 Å². The Morgan fingerprint density at radius 2 is 1.67 bits per heavy atom. The fourth-order valence-electron chi connectivity index (χ4n) is 7.86. The number of nitrogens with zero attached hydrogens (tertiary/aromatic N) is 1. The molecule has 8 atom stereocenters. The topological polar surface area (TPSA) is 187 Å². The van der Waals surface area contributed by atoms with Crippen molar-refractivity contribution in [1.29, 1.82) is 0 Å². The molecule has 49 heavy (non-hydrogen) atoms. The van der Waals surface area contributed by atoms with Crippen LogP contribution in [0.4, 0.5) is 0 Å². The second-order valence-electron chi connectivity index (χ2n) is 13.4. The maximum atomic E-state index is 13.8. The molecule has 0 aromatic carbocycles. The third-order valence-corrected chi connectivity index (χ3v) is 10.0. The van der Waals surface area contributed by atoms with Crippen molar-refractivity contribution in [3.63, 3.8) is 0 Å². The third kappa shape index (κ3) is 5.90. The van der Waals surface area contributed by atoms with Crippen LogP contribution < -0.4 is 0 Å². The predicted octanol–water partition coefficient (Wildman–Crippen LogP) is 3.51. The van der Waals surface area contributed by atoms with Crippen LogP contribution in [0.1, 0.15) is 82.0 Å². The monoisotopic (exact) mass is 683 g/mol. The van der Waals surface area contributed by atoms with Gasteiger partial charge in [0.05, 0.1) is 34.5 Å². The first-order valence-electron chi connectivity index (χ1n) is 15.9. The van der Waals surface area contributed by atoms with Gasteiger partial charge in [0.25, 0.3) is 0 Å². The predicted molar refractivity (Wildman–Crippen MR) is 167 cm³/mol. The fourth-order valence-corrected chi connectivity index (χ4v) is 7.86. The molecule has 3 heterocycles. The maximum absolute atomic E-state index is 13.8. The molecule has 1 N–H and O–H groups in total. The molecule has 14 heteroatoms. The maximum Gasteiger partial charge on any atom is 0.341 e. The summed E-state index contributed by atoms with van der Waals surface area (Å²) in [5, 5.41) is 12.5. The van der Waals surface area contributed by atoms with Gasteiger partial charge in [-0.1, -0.05) is 6.08 Å². The summed E-state index contributed by atoms with van der Waals surface area (Å²) in [6, 6.07) is 4.39. The number of esters is 5. The molecular formula is C35H41NO13. The molecule has 1 spiro atoms. The largest absolute Gasteiger partial charge is 0.472 e. The third-order valence-electron chi connectivity index (χ3n) is 10.0. The van der Waals surface area contributed by atoms with Crippen LogP contribution in [0.15, 0.2) is 59.2 Å². The zero-order chi connectivity index (χ0) is 35.9. The molecule has 3 fully saturated rings. The minimum atomic E-state index is -2.08. The Labute approximate surface area is 283 Å². The number of pyridine rings is 1. The summed E-state index contributed by atoms with van der Waals surface area (Å²) in [6.45, 7) is 9.56. The highest BCUT2D eigenvalue weighted by Crippen LogP contribution is 2.69. The van der Waals surface area contributed by atoms with Crippen molar-refractivity contribution in [2.75, 3.05) is 6.61 Å². The lowest BCUT2D eigenvalue weighted by molar-refractivity contribution is -0.348. The highest BCUT2D eigenvalue weighted by molar-refractivity contribution is 5.90. The van der Waals surface area contributed by atoms with Crippen LogP contribution in [0, 0.1) is 11.3 Å². The lowest BCUT2D eigenvalue weighted by Crippen LogP contribution is -2.83. The summed E-state index contributed by atoms with van der Waals surface area (Å²) >= 11 is 0. The fraction of sp³-hybridized carbons (Fsp3) is 0.543. The van der Waals surface area contributed by atoms with E-state index in [0.29, 0.717) is 0 Å². The first-order valence-corrected chi connectivity index (χ1v) is 15.9. The Morgan fingerprint density at radius 3 is 2.27 bits per heavy atom. The van der Waals surface area contributed by atoms with Gasteiger partial charge in [-0.15, -0.1) is 0 Å². The number of furan rings is 1. The van der Waals surface area contributed by atoms with E-state index in [2.05, 4.69) is 4.98 Å². The molecule has 1 aliphatic heterocycles. The molecule has 2 aliphatic carbocycles. The minimum absolute atomic E-state index is 0.0461. The van der Waals surface area contributed by atoms with E-state index in [1.54, 1.807) is 20.8 Å². The Kier molecular flexibility index (Phi) is 9.52. The molecule has 1 saturated heterocycles. The Morgan fingerprint density at radius 1 is 0.959 bits per heavy atom. The van der Waals surface area contributed by atoms with Gasteiger partial charge in [0.2, 0.25) is 0 Å². The number of allylic oxidation sites excluding steroid dienone is 1. The molecule has 0 amide bonds. The van der Waals surface area contributed by atoms with Gasteiger partial charge >= 0.3 is 29.8 Å². The number of aliphatic hydroxyl groups is 1. The van der Waals surface area contributed by atoms with E-state index in [4.69, 9.17) is 32.8 Å². The number of hydrogen-bond acceptors (Lipinski definition) is 14. The summed E-state index contributed by atoms with van der Waals surface area (Å²) in [5.41, 5.74) is -7.14. The second kappa shape index (κ2) is 13.0. The standard InChI is InChI=1S/C35H41NO13/c1-8-19(2)29(39)48-28-26(47-30(40)22-10-9-14-36-16-22)25-27(45-21(4)38)35(49-32(25,5)6)33(7,42)13-11-24(34(28,35)18-44-20(3)37)46-31(41)23-12-15-43-17-23/h8-10,12,14-17,24-28,42H,11,13,18H2,1-7H3/b19-8+/t24-,25+,26+,27+,28+,33-,34-,35-/m0/s1. The van der Waals surface area contributed by atoms with Crippen molar-refractivity contribution in [3.05, 3.63) is 65.9 Å². The lowest BCUT2D eigenvalue weighted by Gasteiger charge is -2.65. The van der Waals surface area contributed by atoms with Gasteiger partial charge in [-0.05, 0) is 65.7 Å². The van der Waals surface area contributed by atoms with E-state index in [1.165, 1.54) is 70.0 Å². The van der Waals surface area contributed by atoms with Crippen molar-refractivity contribution in [1.82, 2.24) is 4.98 Å². The number of fused-ring (bicyclic) bond motifs is 1. The normalized spacial score (nSPS) is 33.1. The van der Waals surface area contributed by atoms with Crippen LogP contribution in [0.25, 0.3) is 0 Å². The Bertz CT molecular complexity index is 1630. The number of hydrogen-bond donors (Lipinski definition) is 1. The summed E-state index contributed by atoms with van der Waals surface area (Å²) in [4.78, 5) is 70.7. The van der Waals surface area contributed by atoms with Gasteiger partial charge in [-0.25, -0.2) is 14.4 Å². The average Bonchev–Trinajstić information content (AvgIpc) is 3.65. The molecule has 2 saturated carbocycles. The van der Waals surface area contributed by atoms with Crippen molar-refractivity contribution in [2.24, 2.45) is 11.3 Å². The molecule has 264 valence electrons. The van der Waals surface area contributed by atoms with E-state index < -0.39 is 89.0 Å². The minimum Gasteiger partial charge on any atom is -0.472 e. The molecule has 3 aliphatic rings. The Balaban J connectivity index is 1.84. The molecule has 14 nitrogen and oxygen atoms in total. The van der Waals surface area contributed by atoms with Gasteiger partial charge in [-0.3, -0.25) is 14.6 Å². The molecule has 0 radical (unpaired) electrons. The highest BCUT2D eigenvalue weighted by atomic mass is 16.6. The molecule has 5 rings (SSSR count). The zero-order valence-corrected chi connectivity index (χ0v) is 28.4. The number of aromatic nitrogens is 1. The first kappa shape index (κ1) is 35.7. The van der Waals surface area contributed by atoms with Gasteiger partial charge in [-0.2, -0.15) is 0 Å². The van der Waals surface area contributed by atoms with E-state index in [0.717, 1.165) is 6.92 Å². The average molecular weight is 684 g/mol. The quantitative estimate of drug-likeness (QED) is 0.230. The molecule has 2 aromatic heterocycles. The van der Waals surface area contributed by atoms with Crippen LogP contribution in [-0.4, -0.2) is 87.8 Å². The lowest BCUT2D eigenvalue weighted by atomic mass is 9.46. The highest BCUT2D eigenvalue weighted by Gasteiger charge is 2.87. The van der Waals surface area contributed by atoms with Crippen molar-refractivity contribution >= 4 is 29.8 Å². The summed E-state index contributed by atoms with van der Waals surface area (Å²) in [7, 11) is 0. The van der Waals surface area contributed by atoms with Crippen LogP contribution in [0.2, 0.25) is 0 Å². The Hall–Kier alpha value is -4.56. The molecule has 2 aromatic rings. The molecular weight excluding hydrogens is 642 g/mol. The zero-order valence-electron chi connectivity index (χ0n) is 28.4. The number of ether oxygens (including phenoxy) is 6.